The zero-order valence-corrected chi connectivity index (χ0v) is 10.2. The third kappa shape index (κ3) is 3.16. The number of rotatable bonds is 5. The minimum absolute atomic E-state index is 0.0168. The smallest absolute Gasteiger partial charge is 0.326 e. The maximum atomic E-state index is 13.3. The summed E-state index contributed by atoms with van der Waals surface area (Å²) in [5.74, 6) is -3.00. The number of carboxylic acids is 1. The second-order valence-electron chi connectivity index (χ2n) is 3.99. The van der Waals surface area contributed by atoms with Crippen molar-refractivity contribution in [1.82, 2.24) is 20.3 Å². The van der Waals surface area contributed by atoms with Crippen molar-refractivity contribution >= 4 is 11.9 Å². The molecule has 0 radical (unpaired) electrons. The van der Waals surface area contributed by atoms with Gasteiger partial charge in [-0.15, -0.1) is 0 Å². The van der Waals surface area contributed by atoms with E-state index in [2.05, 4.69) is 20.3 Å². The van der Waals surface area contributed by atoms with E-state index in [0.29, 0.717) is 5.69 Å². The molecule has 3 N–H and O–H groups in total. The maximum absolute atomic E-state index is 13.3. The van der Waals surface area contributed by atoms with Crippen LogP contribution < -0.4 is 5.32 Å². The zero-order valence-electron chi connectivity index (χ0n) is 10.2. The summed E-state index contributed by atoms with van der Waals surface area (Å²) >= 11 is 0. The molecule has 0 saturated carbocycles. The van der Waals surface area contributed by atoms with Crippen LogP contribution in [0.5, 0.6) is 0 Å². The molecule has 0 aliphatic carbocycles. The van der Waals surface area contributed by atoms with Gasteiger partial charge in [-0.05, 0) is 12.1 Å². The van der Waals surface area contributed by atoms with Crippen LogP contribution in [0.25, 0.3) is 0 Å². The number of carbonyl (C=O) groups is 2. The third-order valence-corrected chi connectivity index (χ3v) is 2.59. The molecule has 7 nitrogen and oxygen atoms in total. The van der Waals surface area contributed by atoms with Gasteiger partial charge in [-0.3, -0.25) is 4.79 Å². The molecule has 8 heteroatoms. The number of halogens is 1. The van der Waals surface area contributed by atoms with Crippen molar-refractivity contribution in [3.05, 3.63) is 48.1 Å². The normalized spacial score (nSPS) is 11.8. The fourth-order valence-corrected chi connectivity index (χ4v) is 1.61. The largest absolute Gasteiger partial charge is 0.480 e. The Hall–Kier alpha value is -2.77. The summed E-state index contributed by atoms with van der Waals surface area (Å²) in [6.45, 7) is 0. The fourth-order valence-electron chi connectivity index (χ4n) is 1.61. The molecule has 1 amide bonds. The first-order chi connectivity index (χ1) is 9.58. The molecular weight excluding hydrogens is 267 g/mol. The summed E-state index contributed by atoms with van der Waals surface area (Å²) in [4.78, 5) is 32.8. The summed E-state index contributed by atoms with van der Waals surface area (Å²) in [7, 11) is 0. The Labute approximate surface area is 112 Å². The van der Waals surface area contributed by atoms with Crippen LogP contribution in [0.15, 0.2) is 30.9 Å². The molecule has 20 heavy (non-hydrogen) atoms. The van der Waals surface area contributed by atoms with Gasteiger partial charge in [0.1, 0.15) is 6.04 Å². The Morgan fingerprint density at radius 1 is 1.50 bits per heavy atom. The minimum atomic E-state index is -1.22. The Bertz CT molecular complexity index is 615. The summed E-state index contributed by atoms with van der Waals surface area (Å²) in [5, 5.41) is 11.3. The molecule has 2 heterocycles. The number of hydrogen-bond acceptors (Lipinski definition) is 4. The van der Waals surface area contributed by atoms with E-state index < -0.39 is 23.9 Å². The van der Waals surface area contributed by atoms with E-state index >= 15 is 0 Å². The molecule has 104 valence electrons. The van der Waals surface area contributed by atoms with E-state index in [0.717, 1.165) is 0 Å². The van der Waals surface area contributed by atoms with Crippen LogP contribution in [0.1, 0.15) is 16.1 Å². The van der Waals surface area contributed by atoms with Crippen LogP contribution in [0, 0.1) is 5.95 Å². The van der Waals surface area contributed by atoms with Gasteiger partial charge < -0.3 is 15.4 Å². The van der Waals surface area contributed by atoms with E-state index in [-0.39, 0.29) is 12.0 Å². The predicted octanol–water partition coefficient (Wildman–Crippen LogP) is 0.369. The van der Waals surface area contributed by atoms with Gasteiger partial charge in [-0.2, -0.15) is 4.39 Å². The molecule has 0 unspecified atom stereocenters. The number of carbonyl (C=O) groups excluding carboxylic acids is 1. The number of aromatic nitrogens is 3. The topological polar surface area (TPSA) is 108 Å². The lowest BCUT2D eigenvalue weighted by molar-refractivity contribution is -0.139. The zero-order chi connectivity index (χ0) is 14.5. The number of imidazole rings is 1. The van der Waals surface area contributed by atoms with E-state index in [4.69, 9.17) is 5.11 Å². The molecule has 0 aliphatic rings. The van der Waals surface area contributed by atoms with E-state index in [9.17, 15) is 14.0 Å². The van der Waals surface area contributed by atoms with Gasteiger partial charge in [0.25, 0.3) is 5.91 Å². The number of aliphatic carboxylic acids is 1. The molecule has 0 bridgehead atoms. The van der Waals surface area contributed by atoms with Crippen molar-refractivity contribution in [2.75, 3.05) is 0 Å². The van der Waals surface area contributed by atoms with Crippen LogP contribution in [0.2, 0.25) is 0 Å². The monoisotopic (exact) mass is 278 g/mol. The highest BCUT2D eigenvalue weighted by Crippen LogP contribution is 2.05. The summed E-state index contributed by atoms with van der Waals surface area (Å²) < 4.78 is 13.3. The quantitative estimate of drug-likeness (QED) is 0.685. The van der Waals surface area contributed by atoms with Gasteiger partial charge in [0.15, 0.2) is 0 Å². The van der Waals surface area contributed by atoms with E-state index in [1.807, 2.05) is 0 Å². The number of H-pyrrole nitrogens is 1. The van der Waals surface area contributed by atoms with Gasteiger partial charge in [0.2, 0.25) is 5.95 Å². The predicted molar refractivity (Wildman–Crippen MR) is 65.4 cm³/mol. The minimum Gasteiger partial charge on any atom is -0.480 e. The highest BCUT2D eigenvalue weighted by atomic mass is 19.1. The van der Waals surface area contributed by atoms with Crippen molar-refractivity contribution in [3.8, 4) is 0 Å². The Morgan fingerprint density at radius 2 is 2.30 bits per heavy atom. The van der Waals surface area contributed by atoms with Crippen LogP contribution >= 0.6 is 0 Å². The molecule has 2 rings (SSSR count). The number of pyridine rings is 1. The van der Waals surface area contributed by atoms with Crippen molar-refractivity contribution in [2.24, 2.45) is 0 Å². The Balaban J connectivity index is 2.10. The van der Waals surface area contributed by atoms with Gasteiger partial charge in [0.05, 0.1) is 11.9 Å². The first-order valence-corrected chi connectivity index (χ1v) is 5.69. The molecular formula is C12H11FN4O3. The lowest BCUT2D eigenvalue weighted by Gasteiger charge is -2.13. The molecule has 0 fully saturated rings. The molecule has 1 atom stereocenters. The molecule has 0 spiro atoms. The highest BCUT2D eigenvalue weighted by molar-refractivity contribution is 5.96. The van der Waals surface area contributed by atoms with Gasteiger partial charge in [0, 0.05) is 24.5 Å². The second kappa shape index (κ2) is 5.91. The highest BCUT2D eigenvalue weighted by Gasteiger charge is 2.23. The van der Waals surface area contributed by atoms with E-state index in [1.165, 1.54) is 30.9 Å². The van der Waals surface area contributed by atoms with Gasteiger partial charge in [-0.1, -0.05) is 0 Å². The average molecular weight is 278 g/mol. The van der Waals surface area contributed by atoms with Gasteiger partial charge in [-0.25, -0.2) is 14.8 Å². The van der Waals surface area contributed by atoms with Crippen molar-refractivity contribution in [3.63, 3.8) is 0 Å². The average Bonchev–Trinajstić information content (AvgIpc) is 2.91. The third-order valence-electron chi connectivity index (χ3n) is 2.59. The molecule has 2 aromatic rings. The molecule has 0 saturated heterocycles. The number of nitrogens with one attached hydrogen (secondary N) is 2. The summed E-state index contributed by atoms with van der Waals surface area (Å²) in [6, 6.07) is 1.43. The summed E-state index contributed by atoms with van der Waals surface area (Å²) in [5.41, 5.74) is 0.243. The van der Waals surface area contributed by atoms with Crippen LogP contribution in [0.4, 0.5) is 4.39 Å². The van der Waals surface area contributed by atoms with Gasteiger partial charge >= 0.3 is 5.97 Å². The van der Waals surface area contributed by atoms with Crippen LogP contribution in [-0.4, -0.2) is 38.0 Å². The van der Waals surface area contributed by atoms with Crippen LogP contribution in [-0.2, 0) is 11.2 Å². The SMILES string of the molecule is O=C(N[C@H](Cc1cnc[nH]1)C(=O)O)c1cccnc1F. The number of nitrogens with zero attached hydrogens (tertiary/aromatic N) is 2. The Morgan fingerprint density at radius 3 is 2.90 bits per heavy atom. The number of carboxylic acid groups (broad SMARTS) is 1. The first-order valence-electron chi connectivity index (χ1n) is 5.69. The van der Waals surface area contributed by atoms with Crippen LogP contribution in [0.3, 0.4) is 0 Å². The maximum Gasteiger partial charge on any atom is 0.326 e. The Kier molecular flexibility index (Phi) is 4.04. The van der Waals surface area contributed by atoms with Crippen molar-refractivity contribution in [2.45, 2.75) is 12.5 Å². The van der Waals surface area contributed by atoms with E-state index in [1.54, 1.807) is 0 Å². The standard InChI is InChI=1S/C12H11FN4O3/c13-10-8(2-1-3-15-10)11(18)17-9(12(19)20)4-7-5-14-6-16-7/h1-3,5-6,9H,4H2,(H,14,16)(H,17,18)(H,19,20)/t9-/m1/s1. The second-order valence-corrected chi connectivity index (χ2v) is 3.99. The van der Waals surface area contributed by atoms with Crippen molar-refractivity contribution in [1.29, 1.82) is 0 Å². The summed E-state index contributed by atoms with van der Waals surface area (Å²) in [6.07, 6.45) is 4.07. The van der Waals surface area contributed by atoms with Crippen molar-refractivity contribution < 1.29 is 19.1 Å². The molecule has 0 aliphatic heterocycles. The number of amides is 1. The lowest BCUT2D eigenvalue weighted by Crippen LogP contribution is -2.42. The number of aromatic amines is 1. The number of hydrogen-bond donors (Lipinski definition) is 3. The molecule has 0 aromatic carbocycles. The molecule has 2 aromatic heterocycles. The lowest BCUT2D eigenvalue weighted by atomic mass is 10.1. The fraction of sp³-hybridized carbons (Fsp3) is 0.167. The first kappa shape index (κ1) is 13.7.